The second-order valence-corrected chi connectivity index (χ2v) is 5.67. The smallest absolute Gasteiger partial charge is 0.260 e. The Morgan fingerprint density at radius 3 is 3.05 bits per heavy atom. The van der Waals surface area contributed by atoms with Crippen LogP contribution >= 0.6 is 27.5 Å². The second kappa shape index (κ2) is 6.95. The Bertz CT molecular complexity index is 524. The lowest BCUT2D eigenvalue weighted by Gasteiger charge is -2.19. The molecule has 0 atom stereocenters. The fraction of sp³-hybridized carbons (Fsp3) is 0.385. The molecule has 2 rings (SSSR count). The van der Waals surface area contributed by atoms with Gasteiger partial charge in [0.15, 0.2) is 6.61 Å². The van der Waals surface area contributed by atoms with Crippen molar-refractivity contribution in [2.75, 3.05) is 26.2 Å². The number of nitrogens with zero attached hydrogens (tertiary/aromatic N) is 1. The van der Waals surface area contributed by atoms with Crippen LogP contribution in [0.3, 0.4) is 0 Å². The molecule has 2 amide bonds. The zero-order chi connectivity index (χ0) is 14.5. The molecule has 1 aromatic rings. The molecular formula is C13H14BrClN2O3. The molecule has 0 aliphatic carbocycles. The molecule has 0 spiro atoms. The van der Waals surface area contributed by atoms with Crippen LogP contribution in [-0.4, -0.2) is 43.0 Å². The molecule has 0 bridgehead atoms. The first kappa shape index (κ1) is 15.1. The van der Waals surface area contributed by atoms with Gasteiger partial charge in [-0.2, -0.15) is 0 Å². The van der Waals surface area contributed by atoms with Crippen molar-refractivity contribution >= 4 is 39.3 Å². The lowest BCUT2D eigenvalue weighted by Crippen LogP contribution is -2.39. The lowest BCUT2D eigenvalue weighted by atomic mass is 10.3. The van der Waals surface area contributed by atoms with Crippen LogP contribution in [0.15, 0.2) is 22.7 Å². The summed E-state index contributed by atoms with van der Waals surface area (Å²) in [5.74, 6) is 0.203. The van der Waals surface area contributed by atoms with Crippen LogP contribution < -0.4 is 10.1 Å². The van der Waals surface area contributed by atoms with Crippen molar-refractivity contribution in [3.8, 4) is 5.75 Å². The highest BCUT2D eigenvalue weighted by molar-refractivity contribution is 9.10. The van der Waals surface area contributed by atoms with Crippen molar-refractivity contribution in [2.45, 2.75) is 6.42 Å². The molecule has 7 heteroatoms. The molecular weight excluding hydrogens is 348 g/mol. The summed E-state index contributed by atoms with van der Waals surface area (Å²) in [6.07, 6.45) is 0.752. The number of carbonyl (C=O) groups excluding carboxylic acids is 2. The number of halogens is 2. The van der Waals surface area contributed by atoms with E-state index in [1.54, 1.807) is 18.2 Å². The minimum absolute atomic E-state index is 0.0873. The summed E-state index contributed by atoms with van der Waals surface area (Å²) in [6, 6.07) is 5.07. The van der Waals surface area contributed by atoms with Gasteiger partial charge in [0.1, 0.15) is 5.75 Å². The highest BCUT2D eigenvalue weighted by atomic mass is 79.9. The van der Waals surface area contributed by atoms with Gasteiger partial charge >= 0.3 is 0 Å². The van der Waals surface area contributed by atoms with E-state index in [1.807, 2.05) is 0 Å². The molecule has 0 saturated carbocycles. The van der Waals surface area contributed by atoms with Crippen molar-refractivity contribution in [3.05, 3.63) is 27.7 Å². The molecule has 1 aliphatic rings. The molecule has 0 aromatic heterocycles. The van der Waals surface area contributed by atoms with E-state index in [2.05, 4.69) is 21.2 Å². The molecule has 0 radical (unpaired) electrons. The number of amides is 2. The molecule has 0 unspecified atom stereocenters. The summed E-state index contributed by atoms with van der Waals surface area (Å²) in [4.78, 5) is 24.9. The van der Waals surface area contributed by atoms with E-state index in [1.165, 1.54) is 4.90 Å². The summed E-state index contributed by atoms with van der Waals surface area (Å²) < 4.78 is 6.14. The van der Waals surface area contributed by atoms with E-state index < -0.39 is 0 Å². The van der Waals surface area contributed by atoms with Gasteiger partial charge in [-0.1, -0.05) is 11.6 Å². The Morgan fingerprint density at radius 2 is 2.30 bits per heavy atom. The zero-order valence-electron chi connectivity index (χ0n) is 10.7. The fourth-order valence-electron chi connectivity index (χ4n) is 1.84. The van der Waals surface area contributed by atoms with Gasteiger partial charge in [-0.05, 0) is 40.5 Å². The number of hydrogen-bond donors (Lipinski definition) is 1. The number of hydrogen-bond acceptors (Lipinski definition) is 3. The van der Waals surface area contributed by atoms with Gasteiger partial charge in [0, 0.05) is 18.1 Å². The first-order valence-electron chi connectivity index (χ1n) is 6.18. The maximum atomic E-state index is 12.0. The monoisotopic (exact) mass is 360 g/mol. The Morgan fingerprint density at radius 1 is 1.50 bits per heavy atom. The first-order valence-corrected chi connectivity index (χ1v) is 7.35. The normalized spacial score (nSPS) is 15.5. The topological polar surface area (TPSA) is 58.6 Å². The summed E-state index contributed by atoms with van der Waals surface area (Å²) in [6.45, 7) is 1.15. The third kappa shape index (κ3) is 4.11. The quantitative estimate of drug-likeness (QED) is 0.893. The number of carbonyl (C=O) groups is 2. The molecule has 1 heterocycles. The summed E-state index contributed by atoms with van der Waals surface area (Å²) in [5.41, 5.74) is 0. The van der Waals surface area contributed by atoms with Gasteiger partial charge in [-0.25, -0.2) is 0 Å². The standard InChI is InChI=1S/C13H14BrClN2O3/c14-10-6-9(15)2-3-11(10)20-8-13(19)17-5-1-4-16-12(18)7-17/h2-3,6H,1,4-5,7-8H2,(H,16,18). The van der Waals surface area contributed by atoms with Gasteiger partial charge in [0.2, 0.25) is 5.91 Å². The Hall–Kier alpha value is -1.27. The van der Waals surface area contributed by atoms with Crippen molar-refractivity contribution in [3.63, 3.8) is 0 Å². The fourth-order valence-corrected chi connectivity index (χ4v) is 2.64. The molecule has 1 aliphatic heterocycles. The van der Waals surface area contributed by atoms with Crippen molar-refractivity contribution < 1.29 is 14.3 Å². The van der Waals surface area contributed by atoms with Crippen molar-refractivity contribution in [2.24, 2.45) is 0 Å². The maximum absolute atomic E-state index is 12.0. The predicted molar refractivity (Wildman–Crippen MR) is 78.9 cm³/mol. The van der Waals surface area contributed by atoms with Crippen LogP contribution in [0.25, 0.3) is 0 Å². The lowest BCUT2D eigenvalue weighted by molar-refractivity contribution is -0.136. The Balaban J connectivity index is 1.92. The number of benzene rings is 1. The van der Waals surface area contributed by atoms with Gasteiger partial charge in [0.05, 0.1) is 11.0 Å². The number of rotatable bonds is 3. The van der Waals surface area contributed by atoms with Crippen LogP contribution in [0.4, 0.5) is 0 Å². The Labute approximate surface area is 130 Å². The largest absolute Gasteiger partial charge is 0.483 e. The van der Waals surface area contributed by atoms with E-state index in [4.69, 9.17) is 16.3 Å². The average Bonchev–Trinajstić information content (AvgIpc) is 2.62. The van der Waals surface area contributed by atoms with E-state index in [0.29, 0.717) is 28.3 Å². The van der Waals surface area contributed by atoms with Gasteiger partial charge in [-0.15, -0.1) is 0 Å². The van der Waals surface area contributed by atoms with Crippen LogP contribution in [0.2, 0.25) is 5.02 Å². The third-order valence-electron chi connectivity index (χ3n) is 2.86. The third-order valence-corrected chi connectivity index (χ3v) is 3.71. The zero-order valence-corrected chi connectivity index (χ0v) is 13.0. The molecule has 20 heavy (non-hydrogen) atoms. The number of ether oxygens (including phenoxy) is 1. The van der Waals surface area contributed by atoms with E-state index in [-0.39, 0.29) is 25.0 Å². The van der Waals surface area contributed by atoms with E-state index >= 15 is 0 Å². The van der Waals surface area contributed by atoms with Crippen LogP contribution in [0, 0.1) is 0 Å². The van der Waals surface area contributed by atoms with Crippen LogP contribution in [0.5, 0.6) is 5.75 Å². The maximum Gasteiger partial charge on any atom is 0.260 e. The first-order chi connectivity index (χ1) is 9.56. The van der Waals surface area contributed by atoms with Crippen LogP contribution in [-0.2, 0) is 9.59 Å². The van der Waals surface area contributed by atoms with Gasteiger partial charge in [0.25, 0.3) is 5.91 Å². The molecule has 1 aromatic carbocycles. The van der Waals surface area contributed by atoms with Gasteiger partial charge < -0.3 is 15.0 Å². The highest BCUT2D eigenvalue weighted by Gasteiger charge is 2.20. The van der Waals surface area contributed by atoms with E-state index in [0.717, 1.165) is 6.42 Å². The molecule has 1 N–H and O–H groups in total. The average molecular weight is 362 g/mol. The van der Waals surface area contributed by atoms with Crippen molar-refractivity contribution in [1.29, 1.82) is 0 Å². The summed E-state index contributed by atoms with van der Waals surface area (Å²) >= 11 is 9.15. The predicted octanol–water partition coefficient (Wildman–Crippen LogP) is 1.83. The van der Waals surface area contributed by atoms with Gasteiger partial charge in [-0.3, -0.25) is 9.59 Å². The molecule has 1 saturated heterocycles. The molecule has 5 nitrogen and oxygen atoms in total. The van der Waals surface area contributed by atoms with Crippen molar-refractivity contribution in [1.82, 2.24) is 10.2 Å². The minimum Gasteiger partial charge on any atom is -0.483 e. The number of nitrogens with one attached hydrogen (secondary N) is 1. The SMILES string of the molecule is O=C1CN(C(=O)COc2ccc(Cl)cc2Br)CCCN1. The Kier molecular flexibility index (Phi) is 5.25. The van der Waals surface area contributed by atoms with Crippen LogP contribution in [0.1, 0.15) is 6.42 Å². The molecule has 108 valence electrons. The molecule has 1 fully saturated rings. The summed E-state index contributed by atoms with van der Waals surface area (Å²) in [5, 5.41) is 3.31. The summed E-state index contributed by atoms with van der Waals surface area (Å²) in [7, 11) is 0. The van der Waals surface area contributed by atoms with E-state index in [9.17, 15) is 9.59 Å². The highest BCUT2D eigenvalue weighted by Crippen LogP contribution is 2.27. The second-order valence-electron chi connectivity index (χ2n) is 4.38. The minimum atomic E-state index is -0.205.